The Morgan fingerprint density at radius 2 is 1.95 bits per heavy atom. The van der Waals surface area contributed by atoms with Crippen molar-refractivity contribution in [3.63, 3.8) is 0 Å². The molecule has 3 nitrogen and oxygen atoms in total. The van der Waals surface area contributed by atoms with Crippen molar-refractivity contribution < 1.29 is 13.2 Å². The van der Waals surface area contributed by atoms with Crippen molar-refractivity contribution in [3.8, 4) is 0 Å². The lowest BCUT2D eigenvalue weighted by molar-refractivity contribution is -0.137. The van der Waals surface area contributed by atoms with E-state index >= 15 is 0 Å². The lowest BCUT2D eigenvalue weighted by Crippen LogP contribution is -2.28. The third kappa shape index (κ3) is 3.69. The summed E-state index contributed by atoms with van der Waals surface area (Å²) in [4.78, 5) is 3.83. The predicted octanol–water partition coefficient (Wildman–Crippen LogP) is 3.56. The predicted molar refractivity (Wildman–Crippen MR) is 72.3 cm³/mol. The molecule has 0 spiro atoms. The topological polar surface area (TPSA) is 50.9 Å². The molecule has 0 saturated heterocycles. The molecule has 0 aliphatic rings. The van der Waals surface area contributed by atoms with Crippen LogP contribution in [0, 0.1) is 0 Å². The Kier molecular flexibility index (Phi) is 4.64. The van der Waals surface area contributed by atoms with Crippen molar-refractivity contribution in [1.29, 1.82) is 0 Å². The first-order valence-electron chi connectivity index (χ1n) is 5.63. The van der Waals surface area contributed by atoms with Crippen LogP contribution in [-0.2, 0) is 12.6 Å². The number of halogens is 4. The van der Waals surface area contributed by atoms with Gasteiger partial charge < -0.3 is 0 Å². The van der Waals surface area contributed by atoms with Gasteiger partial charge in [-0.3, -0.25) is 11.3 Å². The van der Waals surface area contributed by atoms with Gasteiger partial charge in [0, 0.05) is 16.1 Å². The van der Waals surface area contributed by atoms with Crippen molar-refractivity contribution in [3.05, 3.63) is 50.9 Å². The summed E-state index contributed by atoms with van der Waals surface area (Å²) in [5.74, 6) is 5.42. The summed E-state index contributed by atoms with van der Waals surface area (Å²) in [6, 6.07) is 6.62. The van der Waals surface area contributed by atoms with E-state index in [2.05, 4.69) is 10.4 Å². The van der Waals surface area contributed by atoms with Crippen LogP contribution in [0.5, 0.6) is 0 Å². The molecule has 1 atom stereocenters. The molecule has 0 aliphatic heterocycles. The summed E-state index contributed by atoms with van der Waals surface area (Å²) in [6.45, 7) is 0. The molecule has 2 rings (SSSR count). The van der Waals surface area contributed by atoms with Crippen LogP contribution in [0.1, 0.15) is 21.5 Å². The van der Waals surface area contributed by atoms with Gasteiger partial charge in [0.2, 0.25) is 0 Å². The minimum Gasteiger partial charge on any atom is -0.271 e. The number of benzene rings is 1. The Morgan fingerprint density at radius 1 is 1.30 bits per heavy atom. The molecule has 1 aromatic carbocycles. The van der Waals surface area contributed by atoms with Gasteiger partial charge in [-0.2, -0.15) is 13.2 Å². The van der Waals surface area contributed by atoms with Crippen LogP contribution < -0.4 is 11.3 Å². The molecule has 1 aromatic heterocycles. The molecule has 0 saturated carbocycles. The minimum absolute atomic E-state index is 0.426. The van der Waals surface area contributed by atoms with Crippen molar-refractivity contribution in [2.45, 2.75) is 18.6 Å². The maximum absolute atomic E-state index is 12.5. The van der Waals surface area contributed by atoms with Crippen LogP contribution in [0.4, 0.5) is 13.2 Å². The second-order valence-corrected chi connectivity index (χ2v) is 5.61. The summed E-state index contributed by atoms with van der Waals surface area (Å²) < 4.78 is 37.6. The SMILES string of the molecule is NNC(Cc1ccc(Cl)cc1)c1cnc(C(F)(F)F)s1. The molecule has 2 aromatic rings. The lowest BCUT2D eigenvalue weighted by atomic mass is 10.1. The number of nitrogens with two attached hydrogens (primary N) is 1. The van der Waals surface area contributed by atoms with E-state index in [1.165, 1.54) is 6.20 Å². The molecule has 0 bridgehead atoms. The molecule has 0 aliphatic carbocycles. The molecule has 0 radical (unpaired) electrons. The molecule has 20 heavy (non-hydrogen) atoms. The summed E-state index contributed by atoms with van der Waals surface area (Å²) in [7, 11) is 0. The van der Waals surface area contributed by atoms with Crippen LogP contribution >= 0.6 is 22.9 Å². The van der Waals surface area contributed by atoms with Gasteiger partial charge in [0.15, 0.2) is 5.01 Å². The van der Waals surface area contributed by atoms with Crippen LogP contribution in [0.15, 0.2) is 30.5 Å². The standard InChI is InChI=1S/C12H11ClF3N3S/c13-8-3-1-7(2-4-8)5-9(19-17)10-6-18-11(20-10)12(14,15)16/h1-4,6,9,19H,5,17H2. The zero-order chi connectivity index (χ0) is 14.8. The lowest BCUT2D eigenvalue weighted by Gasteiger charge is -2.13. The van der Waals surface area contributed by atoms with Crippen molar-refractivity contribution in [2.75, 3.05) is 0 Å². The highest BCUT2D eigenvalue weighted by molar-refractivity contribution is 7.11. The molecular weight excluding hydrogens is 311 g/mol. The molecular formula is C12H11ClF3N3S. The van der Waals surface area contributed by atoms with Crippen molar-refractivity contribution in [1.82, 2.24) is 10.4 Å². The highest BCUT2D eigenvalue weighted by Gasteiger charge is 2.35. The molecule has 3 N–H and O–H groups in total. The van der Waals surface area contributed by atoms with Crippen LogP contribution in [0.25, 0.3) is 0 Å². The second-order valence-electron chi connectivity index (χ2n) is 4.12. The third-order valence-electron chi connectivity index (χ3n) is 2.66. The Hall–Kier alpha value is -1.15. The Bertz CT molecular complexity index is 568. The third-order valence-corrected chi connectivity index (χ3v) is 4.07. The fourth-order valence-electron chi connectivity index (χ4n) is 1.68. The van der Waals surface area contributed by atoms with Gasteiger partial charge in [-0.25, -0.2) is 4.98 Å². The number of hydrogen-bond donors (Lipinski definition) is 2. The second kappa shape index (κ2) is 6.09. The zero-order valence-corrected chi connectivity index (χ0v) is 11.7. The maximum Gasteiger partial charge on any atom is 0.443 e. The largest absolute Gasteiger partial charge is 0.443 e. The van der Waals surface area contributed by atoms with Gasteiger partial charge in [0.25, 0.3) is 0 Å². The van der Waals surface area contributed by atoms with Gasteiger partial charge in [0.1, 0.15) is 0 Å². The average molecular weight is 322 g/mol. The highest BCUT2D eigenvalue weighted by atomic mass is 35.5. The Labute approximate surface area is 122 Å². The number of rotatable bonds is 4. The van der Waals surface area contributed by atoms with Gasteiger partial charge in [0.05, 0.1) is 6.04 Å². The van der Waals surface area contributed by atoms with E-state index in [-0.39, 0.29) is 0 Å². The first kappa shape index (κ1) is 15.2. The monoisotopic (exact) mass is 321 g/mol. The number of hydrazine groups is 1. The van der Waals surface area contributed by atoms with E-state index in [4.69, 9.17) is 17.4 Å². The number of nitrogens with zero attached hydrogens (tertiary/aromatic N) is 1. The fourth-order valence-corrected chi connectivity index (χ4v) is 2.65. The summed E-state index contributed by atoms with van der Waals surface area (Å²) >= 11 is 6.37. The van der Waals surface area contributed by atoms with E-state index in [1.807, 2.05) is 0 Å². The van der Waals surface area contributed by atoms with Crippen molar-refractivity contribution >= 4 is 22.9 Å². The van der Waals surface area contributed by atoms with Gasteiger partial charge in [-0.1, -0.05) is 23.7 Å². The number of alkyl halides is 3. The summed E-state index contributed by atoms with van der Waals surface area (Å²) in [5, 5.41) is -0.271. The Morgan fingerprint density at radius 3 is 2.45 bits per heavy atom. The zero-order valence-electron chi connectivity index (χ0n) is 10.1. The number of hydrogen-bond acceptors (Lipinski definition) is 4. The van der Waals surface area contributed by atoms with Crippen LogP contribution in [0.3, 0.4) is 0 Å². The molecule has 108 valence electrons. The van der Waals surface area contributed by atoms with E-state index < -0.39 is 17.2 Å². The minimum atomic E-state index is -4.43. The smallest absolute Gasteiger partial charge is 0.271 e. The first-order chi connectivity index (χ1) is 9.40. The molecule has 1 heterocycles. The highest BCUT2D eigenvalue weighted by Crippen LogP contribution is 2.34. The number of thiazole rings is 1. The van der Waals surface area contributed by atoms with Gasteiger partial charge in [-0.05, 0) is 24.1 Å². The summed E-state index contributed by atoms with van der Waals surface area (Å²) in [6.07, 6.45) is -2.77. The van der Waals surface area contributed by atoms with Crippen molar-refractivity contribution in [2.24, 2.45) is 5.84 Å². The fraction of sp³-hybridized carbons (Fsp3) is 0.250. The average Bonchev–Trinajstić information content (AvgIpc) is 2.87. The van der Waals surface area contributed by atoms with E-state index in [9.17, 15) is 13.2 Å². The van der Waals surface area contributed by atoms with Gasteiger partial charge >= 0.3 is 6.18 Å². The van der Waals surface area contributed by atoms with Crippen LogP contribution in [0.2, 0.25) is 5.02 Å². The molecule has 8 heteroatoms. The molecule has 0 amide bonds. The first-order valence-corrected chi connectivity index (χ1v) is 6.83. The van der Waals surface area contributed by atoms with E-state index in [1.54, 1.807) is 24.3 Å². The number of nitrogens with one attached hydrogen (secondary N) is 1. The normalized spacial score (nSPS) is 13.4. The van der Waals surface area contributed by atoms with E-state index in [0.29, 0.717) is 27.7 Å². The quantitative estimate of drug-likeness (QED) is 0.668. The Balaban J connectivity index is 2.16. The number of aromatic nitrogens is 1. The molecule has 0 fully saturated rings. The summed E-state index contributed by atoms with van der Waals surface area (Å²) in [5.41, 5.74) is 3.43. The van der Waals surface area contributed by atoms with Gasteiger partial charge in [-0.15, -0.1) is 11.3 Å². The maximum atomic E-state index is 12.5. The van der Waals surface area contributed by atoms with E-state index in [0.717, 1.165) is 5.56 Å². The molecule has 1 unspecified atom stereocenters. The van der Waals surface area contributed by atoms with Crippen LogP contribution in [-0.4, -0.2) is 4.98 Å².